The fourth-order valence-electron chi connectivity index (χ4n) is 2.10. The first kappa shape index (κ1) is 16.1. The molecule has 2 rings (SSSR count). The van der Waals surface area contributed by atoms with E-state index in [1.807, 2.05) is 17.5 Å². The minimum atomic E-state index is -0.252. The average molecular weight is 313 g/mol. The zero-order valence-corrected chi connectivity index (χ0v) is 13.7. The van der Waals surface area contributed by atoms with E-state index in [-0.39, 0.29) is 17.5 Å². The molecule has 0 saturated heterocycles. The topological polar surface area (TPSA) is 64.9 Å². The first-order valence-corrected chi connectivity index (χ1v) is 7.89. The third kappa shape index (κ3) is 4.09. The molecule has 114 valence electrons. The van der Waals surface area contributed by atoms with Crippen molar-refractivity contribution >= 4 is 23.1 Å². The number of anilines is 1. The number of rotatable bonds is 3. The van der Waals surface area contributed by atoms with Gasteiger partial charge >= 0.3 is 6.03 Å². The van der Waals surface area contributed by atoms with Crippen LogP contribution in [0.5, 0.6) is 0 Å². The van der Waals surface area contributed by atoms with Crippen molar-refractivity contribution < 1.29 is 4.79 Å². The molecule has 1 unspecified atom stereocenters. The van der Waals surface area contributed by atoms with Gasteiger partial charge in [-0.1, -0.05) is 26.8 Å². The van der Waals surface area contributed by atoms with E-state index >= 15 is 0 Å². The molecule has 1 aromatic carbocycles. The summed E-state index contributed by atoms with van der Waals surface area (Å²) in [7, 11) is 0. The number of urea groups is 1. The predicted molar refractivity (Wildman–Crippen MR) is 89.8 cm³/mol. The first-order chi connectivity index (χ1) is 10.4. The molecule has 1 aromatic heterocycles. The van der Waals surface area contributed by atoms with Gasteiger partial charge in [0.1, 0.15) is 0 Å². The maximum Gasteiger partial charge on any atom is 0.319 e. The fraction of sp³-hybridized carbons (Fsp3) is 0.294. The predicted octanol–water partition coefficient (Wildman–Crippen LogP) is 4.53. The number of hydrogen-bond acceptors (Lipinski definition) is 3. The quantitative estimate of drug-likeness (QED) is 0.874. The van der Waals surface area contributed by atoms with E-state index in [9.17, 15) is 4.79 Å². The van der Waals surface area contributed by atoms with Crippen LogP contribution in [-0.4, -0.2) is 6.03 Å². The molecule has 0 spiro atoms. The molecule has 0 aliphatic rings. The summed E-state index contributed by atoms with van der Waals surface area (Å²) in [6.45, 7) is 6.29. The zero-order valence-electron chi connectivity index (χ0n) is 12.9. The highest BCUT2D eigenvalue weighted by Gasteiger charge is 2.28. The van der Waals surface area contributed by atoms with Gasteiger partial charge in [-0.25, -0.2) is 4.79 Å². The van der Waals surface area contributed by atoms with E-state index in [2.05, 4.69) is 37.5 Å². The molecule has 0 fully saturated rings. The summed E-state index contributed by atoms with van der Waals surface area (Å²) in [5, 5.41) is 16.6. The van der Waals surface area contributed by atoms with Crippen molar-refractivity contribution in [2.24, 2.45) is 5.41 Å². The van der Waals surface area contributed by atoms with Crippen LogP contribution in [0.15, 0.2) is 41.8 Å². The summed E-state index contributed by atoms with van der Waals surface area (Å²) < 4.78 is 0. The maximum atomic E-state index is 12.2. The van der Waals surface area contributed by atoms with E-state index in [1.165, 1.54) is 0 Å². The normalized spacial score (nSPS) is 12.3. The van der Waals surface area contributed by atoms with Crippen LogP contribution in [0.4, 0.5) is 10.5 Å². The van der Waals surface area contributed by atoms with Crippen molar-refractivity contribution in [3.05, 3.63) is 52.2 Å². The lowest BCUT2D eigenvalue weighted by atomic mass is 9.86. The van der Waals surface area contributed by atoms with Crippen LogP contribution in [0, 0.1) is 16.7 Å². The van der Waals surface area contributed by atoms with Crippen molar-refractivity contribution in [2.75, 3.05) is 5.32 Å². The van der Waals surface area contributed by atoms with Crippen molar-refractivity contribution in [2.45, 2.75) is 26.8 Å². The van der Waals surface area contributed by atoms with E-state index in [4.69, 9.17) is 5.26 Å². The lowest BCUT2D eigenvalue weighted by molar-refractivity contribution is 0.230. The number of carbonyl (C=O) groups excluding carboxylic acids is 1. The van der Waals surface area contributed by atoms with E-state index in [1.54, 1.807) is 35.6 Å². The number of amides is 2. The Hall–Kier alpha value is -2.32. The van der Waals surface area contributed by atoms with Crippen LogP contribution >= 0.6 is 11.3 Å². The lowest BCUT2D eigenvalue weighted by Gasteiger charge is -2.30. The molecule has 0 saturated carbocycles. The highest BCUT2D eigenvalue weighted by Crippen LogP contribution is 2.35. The van der Waals surface area contributed by atoms with Gasteiger partial charge in [0.05, 0.1) is 17.7 Å². The number of nitrogens with one attached hydrogen (secondary N) is 2. The number of benzene rings is 1. The van der Waals surface area contributed by atoms with Gasteiger partial charge < -0.3 is 10.6 Å². The van der Waals surface area contributed by atoms with Gasteiger partial charge in [-0.2, -0.15) is 5.26 Å². The van der Waals surface area contributed by atoms with Crippen LogP contribution in [0.1, 0.15) is 37.3 Å². The van der Waals surface area contributed by atoms with Gasteiger partial charge in [0.25, 0.3) is 0 Å². The highest BCUT2D eigenvalue weighted by molar-refractivity contribution is 7.10. The largest absolute Gasteiger partial charge is 0.330 e. The molecule has 4 nitrogen and oxygen atoms in total. The maximum absolute atomic E-state index is 12.2. The molecule has 2 N–H and O–H groups in total. The number of hydrogen-bond donors (Lipinski definition) is 2. The third-order valence-electron chi connectivity index (χ3n) is 3.24. The molecule has 1 atom stereocenters. The van der Waals surface area contributed by atoms with Crippen LogP contribution in [0.3, 0.4) is 0 Å². The van der Waals surface area contributed by atoms with Crippen LogP contribution in [-0.2, 0) is 0 Å². The fourth-order valence-corrected chi connectivity index (χ4v) is 3.12. The summed E-state index contributed by atoms with van der Waals surface area (Å²) >= 11 is 1.63. The standard InChI is InChI=1S/C17H19N3OS/c1-17(2,3)15(14-5-4-10-22-14)20-16(21)19-13-8-6-12(11-18)7-9-13/h4-10,15H,1-3H3,(H2,19,20,21). The molecule has 1 heterocycles. The number of carbonyl (C=O) groups is 1. The Balaban J connectivity index is 2.07. The van der Waals surface area contributed by atoms with E-state index in [0.29, 0.717) is 11.3 Å². The van der Waals surface area contributed by atoms with Crippen molar-refractivity contribution in [3.8, 4) is 6.07 Å². The number of nitriles is 1. The van der Waals surface area contributed by atoms with Gasteiger partial charge in [-0.3, -0.25) is 0 Å². The molecule has 5 heteroatoms. The Morgan fingerprint density at radius 3 is 2.41 bits per heavy atom. The minimum Gasteiger partial charge on any atom is -0.330 e. The monoisotopic (exact) mass is 313 g/mol. The highest BCUT2D eigenvalue weighted by atomic mass is 32.1. The van der Waals surface area contributed by atoms with Gasteiger partial charge in [0.2, 0.25) is 0 Å². The smallest absolute Gasteiger partial charge is 0.319 e. The Bertz CT molecular complexity index is 663. The van der Waals surface area contributed by atoms with Crippen LogP contribution < -0.4 is 10.6 Å². The van der Waals surface area contributed by atoms with Crippen LogP contribution in [0.2, 0.25) is 0 Å². The summed E-state index contributed by atoms with van der Waals surface area (Å²) in [6.07, 6.45) is 0. The number of thiophene rings is 1. The molecular formula is C17H19N3OS. The molecule has 0 aliphatic carbocycles. The van der Waals surface area contributed by atoms with E-state index < -0.39 is 0 Å². The summed E-state index contributed by atoms with van der Waals surface area (Å²) in [4.78, 5) is 13.4. The Labute approximate surface area is 134 Å². The molecule has 2 amide bonds. The second-order valence-electron chi connectivity index (χ2n) is 6.10. The minimum absolute atomic E-state index is 0.0640. The van der Waals surface area contributed by atoms with E-state index in [0.717, 1.165) is 4.88 Å². The van der Waals surface area contributed by atoms with Gasteiger partial charge in [0, 0.05) is 10.6 Å². The zero-order chi connectivity index (χ0) is 16.2. The average Bonchev–Trinajstić information content (AvgIpc) is 2.98. The Kier molecular flexibility index (Phi) is 4.84. The molecular weight excluding hydrogens is 294 g/mol. The van der Waals surface area contributed by atoms with Crippen molar-refractivity contribution in [1.29, 1.82) is 5.26 Å². The van der Waals surface area contributed by atoms with Crippen LogP contribution in [0.25, 0.3) is 0 Å². The second kappa shape index (κ2) is 6.63. The van der Waals surface area contributed by atoms with Crippen molar-refractivity contribution in [3.63, 3.8) is 0 Å². The second-order valence-corrected chi connectivity index (χ2v) is 7.08. The summed E-state index contributed by atoms with van der Waals surface area (Å²) in [6, 6.07) is 12.5. The Morgan fingerprint density at radius 1 is 1.23 bits per heavy atom. The SMILES string of the molecule is CC(C)(C)C(NC(=O)Nc1ccc(C#N)cc1)c1cccs1. The molecule has 22 heavy (non-hydrogen) atoms. The van der Waals surface area contributed by atoms with Gasteiger partial charge in [0.15, 0.2) is 0 Å². The summed E-state index contributed by atoms with van der Waals surface area (Å²) in [5.74, 6) is 0. The van der Waals surface area contributed by atoms with Gasteiger partial charge in [-0.05, 0) is 41.1 Å². The molecule has 0 aliphatic heterocycles. The van der Waals surface area contributed by atoms with Crippen molar-refractivity contribution in [1.82, 2.24) is 5.32 Å². The Morgan fingerprint density at radius 2 is 1.91 bits per heavy atom. The molecule has 0 bridgehead atoms. The van der Waals surface area contributed by atoms with Gasteiger partial charge in [-0.15, -0.1) is 11.3 Å². The molecule has 2 aromatic rings. The first-order valence-electron chi connectivity index (χ1n) is 7.01. The lowest BCUT2D eigenvalue weighted by Crippen LogP contribution is -2.38. The molecule has 0 radical (unpaired) electrons. The summed E-state index contributed by atoms with van der Waals surface area (Å²) in [5.41, 5.74) is 1.14. The number of nitrogens with zero attached hydrogens (tertiary/aromatic N) is 1. The third-order valence-corrected chi connectivity index (χ3v) is 4.18.